The number of carbonyl (C=O) groups is 1. The van der Waals surface area contributed by atoms with E-state index in [-0.39, 0.29) is 24.9 Å². The zero-order valence-corrected chi connectivity index (χ0v) is 13.4. The Morgan fingerprint density at radius 1 is 1.39 bits per heavy atom. The number of nitrogens with zero attached hydrogens (tertiary/aromatic N) is 3. The first-order valence-corrected chi connectivity index (χ1v) is 8.50. The van der Waals surface area contributed by atoms with Crippen LogP contribution in [0.2, 0.25) is 0 Å². The van der Waals surface area contributed by atoms with Gasteiger partial charge in [-0.3, -0.25) is 4.90 Å². The number of fused-ring (bicyclic) bond motifs is 4. The summed E-state index contributed by atoms with van der Waals surface area (Å²) in [6, 6.07) is 4.16. The molecule has 0 saturated carbocycles. The molecule has 1 N–H and O–H groups in total. The van der Waals surface area contributed by atoms with E-state index in [1.54, 1.807) is 0 Å². The highest BCUT2D eigenvalue weighted by Crippen LogP contribution is 2.43. The highest BCUT2D eigenvalue weighted by molar-refractivity contribution is 7.22. The summed E-state index contributed by atoms with van der Waals surface area (Å²) < 4.78 is 11.9. The second kappa shape index (κ2) is 4.72. The van der Waals surface area contributed by atoms with Crippen molar-refractivity contribution in [2.75, 3.05) is 31.8 Å². The van der Waals surface area contributed by atoms with Crippen LogP contribution in [0.4, 0.5) is 9.93 Å². The van der Waals surface area contributed by atoms with Crippen LogP contribution in [0.15, 0.2) is 12.1 Å². The SMILES string of the molecule is CN1CC[C@H]2[C@@H](C1)NC(=O)N2c1nc2c3c(ccc2s1)OCO3. The molecule has 120 valence electrons. The van der Waals surface area contributed by atoms with Crippen molar-refractivity contribution in [1.29, 1.82) is 0 Å². The summed E-state index contributed by atoms with van der Waals surface area (Å²) in [4.78, 5) is 21.2. The summed E-state index contributed by atoms with van der Waals surface area (Å²) in [6.45, 7) is 2.09. The minimum atomic E-state index is -0.0526. The van der Waals surface area contributed by atoms with Crippen LogP contribution in [-0.4, -0.2) is 54.9 Å². The van der Waals surface area contributed by atoms with E-state index in [4.69, 9.17) is 14.5 Å². The Hall–Kier alpha value is -2.06. The Morgan fingerprint density at radius 2 is 2.30 bits per heavy atom. The zero-order valence-electron chi connectivity index (χ0n) is 12.6. The third-order valence-corrected chi connectivity index (χ3v) is 5.75. The molecule has 2 saturated heterocycles. The summed E-state index contributed by atoms with van der Waals surface area (Å²) in [5.74, 6) is 1.40. The average Bonchev–Trinajstić information content (AvgIpc) is 3.20. The second-order valence-electron chi connectivity index (χ2n) is 6.19. The van der Waals surface area contributed by atoms with E-state index in [0.717, 1.165) is 40.6 Å². The van der Waals surface area contributed by atoms with Crippen LogP contribution >= 0.6 is 11.3 Å². The van der Waals surface area contributed by atoms with E-state index in [9.17, 15) is 4.79 Å². The molecular weight excluding hydrogens is 316 g/mol. The normalized spacial score (nSPS) is 26.7. The van der Waals surface area contributed by atoms with Gasteiger partial charge in [0.25, 0.3) is 0 Å². The lowest BCUT2D eigenvalue weighted by atomic mass is 10.0. The number of anilines is 1. The van der Waals surface area contributed by atoms with E-state index >= 15 is 0 Å². The van der Waals surface area contributed by atoms with Crippen molar-refractivity contribution in [1.82, 2.24) is 15.2 Å². The highest BCUT2D eigenvalue weighted by Gasteiger charge is 2.44. The first-order chi connectivity index (χ1) is 11.2. The number of urea groups is 1. The van der Waals surface area contributed by atoms with Crippen molar-refractivity contribution in [3.63, 3.8) is 0 Å². The number of hydrogen-bond donors (Lipinski definition) is 1. The molecule has 8 heteroatoms. The molecule has 5 rings (SSSR count). The van der Waals surface area contributed by atoms with Gasteiger partial charge in [0.1, 0.15) is 5.52 Å². The van der Waals surface area contributed by atoms with Gasteiger partial charge in [-0.05, 0) is 32.1 Å². The molecule has 1 aromatic carbocycles. The third-order valence-electron chi connectivity index (χ3n) is 4.73. The van der Waals surface area contributed by atoms with Gasteiger partial charge in [-0.2, -0.15) is 0 Å². The Kier molecular flexibility index (Phi) is 2.75. The smallest absolute Gasteiger partial charge is 0.324 e. The quantitative estimate of drug-likeness (QED) is 0.860. The van der Waals surface area contributed by atoms with Crippen molar-refractivity contribution in [3.05, 3.63) is 12.1 Å². The minimum absolute atomic E-state index is 0.0526. The van der Waals surface area contributed by atoms with E-state index in [1.807, 2.05) is 17.0 Å². The Morgan fingerprint density at radius 3 is 3.22 bits per heavy atom. The predicted molar refractivity (Wildman–Crippen MR) is 86.4 cm³/mol. The molecule has 7 nitrogen and oxygen atoms in total. The van der Waals surface area contributed by atoms with Gasteiger partial charge in [0.15, 0.2) is 16.6 Å². The Balaban J connectivity index is 1.56. The lowest BCUT2D eigenvalue weighted by Crippen LogP contribution is -2.49. The lowest BCUT2D eigenvalue weighted by Gasteiger charge is -2.33. The van der Waals surface area contributed by atoms with Crippen LogP contribution in [0.3, 0.4) is 0 Å². The van der Waals surface area contributed by atoms with E-state index in [1.165, 1.54) is 11.3 Å². The number of nitrogens with one attached hydrogen (secondary N) is 1. The number of rotatable bonds is 1. The van der Waals surface area contributed by atoms with Crippen LogP contribution in [0.1, 0.15) is 6.42 Å². The van der Waals surface area contributed by atoms with Gasteiger partial charge in [0, 0.05) is 6.54 Å². The molecule has 0 unspecified atom stereocenters. The molecule has 23 heavy (non-hydrogen) atoms. The van der Waals surface area contributed by atoms with Crippen molar-refractivity contribution in [3.8, 4) is 11.5 Å². The maximum absolute atomic E-state index is 12.5. The number of amides is 2. The van der Waals surface area contributed by atoms with Crippen molar-refractivity contribution < 1.29 is 14.3 Å². The summed E-state index contributed by atoms with van der Waals surface area (Å²) in [7, 11) is 2.09. The summed E-state index contributed by atoms with van der Waals surface area (Å²) in [5, 5.41) is 3.82. The number of carbonyl (C=O) groups excluding carboxylic acids is 1. The maximum atomic E-state index is 12.5. The molecule has 0 spiro atoms. The fraction of sp³-hybridized carbons (Fsp3) is 0.467. The molecule has 2 aromatic rings. The van der Waals surface area contributed by atoms with Gasteiger partial charge >= 0.3 is 6.03 Å². The molecule has 4 heterocycles. The van der Waals surface area contributed by atoms with Gasteiger partial charge < -0.3 is 19.7 Å². The van der Waals surface area contributed by atoms with Crippen LogP contribution in [0.25, 0.3) is 10.2 Å². The average molecular weight is 332 g/mol. The van der Waals surface area contributed by atoms with Gasteiger partial charge in [-0.25, -0.2) is 9.78 Å². The number of likely N-dealkylation sites (tertiary alicyclic amines) is 1. The van der Waals surface area contributed by atoms with Gasteiger partial charge in [-0.1, -0.05) is 11.3 Å². The number of benzene rings is 1. The molecule has 0 aliphatic carbocycles. The molecule has 2 fully saturated rings. The van der Waals surface area contributed by atoms with E-state index in [0.29, 0.717) is 5.75 Å². The third kappa shape index (κ3) is 1.91. The van der Waals surface area contributed by atoms with Crippen LogP contribution in [0.5, 0.6) is 11.5 Å². The first-order valence-electron chi connectivity index (χ1n) is 7.68. The van der Waals surface area contributed by atoms with Gasteiger partial charge in [-0.15, -0.1) is 0 Å². The van der Waals surface area contributed by atoms with Crippen LogP contribution < -0.4 is 19.7 Å². The zero-order chi connectivity index (χ0) is 15.6. The Bertz CT molecular complexity index is 807. The topological polar surface area (TPSA) is 66.9 Å². The van der Waals surface area contributed by atoms with Crippen molar-refractivity contribution >= 4 is 32.7 Å². The second-order valence-corrected chi connectivity index (χ2v) is 7.20. The fourth-order valence-electron chi connectivity index (χ4n) is 3.61. The number of hydrogen-bond acceptors (Lipinski definition) is 6. The molecule has 0 bridgehead atoms. The first kappa shape index (κ1) is 13.4. The number of piperidine rings is 1. The van der Waals surface area contributed by atoms with Crippen LogP contribution in [-0.2, 0) is 0 Å². The van der Waals surface area contributed by atoms with Crippen molar-refractivity contribution in [2.45, 2.75) is 18.5 Å². The Labute approximate surface area is 136 Å². The number of ether oxygens (including phenoxy) is 2. The van der Waals surface area contributed by atoms with Gasteiger partial charge in [0.05, 0.1) is 16.8 Å². The molecule has 3 aliphatic heterocycles. The van der Waals surface area contributed by atoms with Crippen LogP contribution in [0, 0.1) is 0 Å². The monoisotopic (exact) mass is 332 g/mol. The molecule has 3 aliphatic rings. The maximum Gasteiger partial charge on any atom is 0.324 e. The standard InChI is InChI=1S/C15H16N4O3S/c1-18-5-4-9-8(6-18)16-14(20)19(9)15-17-12-11(23-15)3-2-10-13(12)22-7-21-10/h2-3,8-9H,4-7H2,1H3,(H,16,20)/t8-,9+/m1/s1. The van der Waals surface area contributed by atoms with Crippen molar-refractivity contribution in [2.24, 2.45) is 0 Å². The summed E-state index contributed by atoms with van der Waals surface area (Å²) in [6.07, 6.45) is 0.952. The number of aromatic nitrogens is 1. The number of likely N-dealkylation sites (N-methyl/N-ethyl adjacent to an activating group) is 1. The highest BCUT2D eigenvalue weighted by atomic mass is 32.1. The number of thiazole rings is 1. The molecule has 2 amide bonds. The van der Waals surface area contributed by atoms with E-state index < -0.39 is 0 Å². The summed E-state index contributed by atoms with van der Waals surface area (Å²) in [5.41, 5.74) is 0.782. The molecule has 1 aromatic heterocycles. The largest absolute Gasteiger partial charge is 0.454 e. The fourth-order valence-corrected chi connectivity index (χ4v) is 4.63. The predicted octanol–water partition coefficient (Wildman–Crippen LogP) is 1.63. The molecular formula is C15H16N4O3S. The van der Waals surface area contributed by atoms with E-state index in [2.05, 4.69) is 17.3 Å². The summed E-state index contributed by atoms with van der Waals surface area (Å²) >= 11 is 1.53. The van der Waals surface area contributed by atoms with Gasteiger partial charge in [0.2, 0.25) is 6.79 Å². The molecule has 2 atom stereocenters. The lowest BCUT2D eigenvalue weighted by molar-refractivity contribution is 0.174. The molecule has 0 radical (unpaired) electrons. The minimum Gasteiger partial charge on any atom is -0.454 e.